The molecule has 6 heterocycles. The van der Waals surface area contributed by atoms with Crippen molar-refractivity contribution in [3.05, 3.63) is 54.2 Å². The van der Waals surface area contributed by atoms with E-state index < -0.39 is 0 Å². The first-order chi connectivity index (χ1) is 14.8. The molecule has 4 saturated heterocycles. The zero-order chi connectivity index (χ0) is 19.7. The zero-order valence-corrected chi connectivity index (χ0v) is 16.8. The number of para-hydroxylation sites is 2. The summed E-state index contributed by atoms with van der Waals surface area (Å²) in [5.74, 6) is 3.91. The molecule has 0 N–H and O–H groups in total. The minimum atomic E-state index is 0.322. The van der Waals surface area contributed by atoms with Crippen molar-refractivity contribution in [2.45, 2.75) is 30.8 Å². The number of hydrogen-bond donors (Lipinski definition) is 0. The van der Waals surface area contributed by atoms with Crippen molar-refractivity contribution < 1.29 is 9.47 Å². The van der Waals surface area contributed by atoms with Crippen LogP contribution in [0.5, 0.6) is 11.5 Å². The van der Waals surface area contributed by atoms with E-state index in [2.05, 4.69) is 34.1 Å². The van der Waals surface area contributed by atoms with Crippen molar-refractivity contribution in [2.75, 3.05) is 31.3 Å². The molecule has 0 saturated carbocycles. The van der Waals surface area contributed by atoms with E-state index in [0.717, 1.165) is 40.8 Å². The van der Waals surface area contributed by atoms with Crippen LogP contribution in [0.3, 0.4) is 0 Å². The van der Waals surface area contributed by atoms with Crippen molar-refractivity contribution in [3.8, 4) is 11.5 Å². The average molecular weight is 400 g/mol. The molecule has 5 aliphatic rings. The van der Waals surface area contributed by atoms with Gasteiger partial charge in [-0.05, 0) is 61.7 Å². The predicted molar refractivity (Wildman–Crippen MR) is 114 cm³/mol. The van der Waals surface area contributed by atoms with E-state index >= 15 is 0 Å². The van der Waals surface area contributed by atoms with Crippen LogP contribution in [0.15, 0.2) is 48.7 Å². The maximum atomic E-state index is 5.68. The van der Waals surface area contributed by atoms with Gasteiger partial charge < -0.3 is 14.4 Å². The molecule has 2 aromatic carbocycles. The van der Waals surface area contributed by atoms with E-state index in [4.69, 9.17) is 19.4 Å². The Balaban J connectivity index is 1.31. The smallest absolute Gasteiger partial charge is 0.231 e. The number of hydrogen-bond acceptors (Lipinski definition) is 6. The van der Waals surface area contributed by atoms with Gasteiger partial charge in [-0.25, -0.2) is 4.98 Å². The van der Waals surface area contributed by atoms with Crippen LogP contribution in [-0.4, -0.2) is 53.4 Å². The molecule has 4 fully saturated rings. The molecule has 6 heteroatoms. The van der Waals surface area contributed by atoms with Gasteiger partial charge >= 0.3 is 0 Å². The van der Waals surface area contributed by atoms with Crippen LogP contribution in [0.2, 0.25) is 0 Å². The van der Waals surface area contributed by atoms with Crippen molar-refractivity contribution in [1.29, 1.82) is 0 Å². The summed E-state index contributed by atoms with van der Waals surface area (Å²) in [7, 11) is 0. The normalized spacial score (nSPS) is 31.3. The van der Waals surface area contributed by atoms with Gasteiger partial charge in [0.2, 0.25) is 6.79 Å². The third kappa shape index (κ3) is 2.40. The van der Waals surface area contributed by atoms with Crippen molar-refractivity contribution in [3.63, 3.8) is 0 Å². The van der Waals surface area contributed by atoms with Gasteiger partial charge in [-0.3, -0.25) is 9.88 Å². The summed E-state index contributed by atoms with van der Waals surface area (Å²) in [6.45, 7) is 3.71. The van der Waals surface area contributed by atoms with Crippen LogP contribution in [0.1, 0.15) is 24.3 Å². The van der Waals surface area contributed by atoms with Crippen molar-refractivity contribution in [2.24, 2.45) is 5.92 Å². The lowest BCUT2D eigenvalue weighted by Gasteiger charge is -2.51. The lowest BCUT2D eigenvalue weighted by atomic mass is 9.75. The largest absolute Gasteiger partial charge is 0.454 e. The van der Waals surface area contributed by atoms with Gasteiger partial charge in [-0.2, -0.15) is 0 Å². The van der Waals surface area contributed by atoms with Gasteiger partial charge in [0.1, 0.15) is 5.82 Å². The summed E-state index contributed by atoms with van der Waals surface area (Å²) in [5.41, 5.74) is 3.27. The minimum absolute atomic E-state index is 0.322. The predicted octanol–water partition coefficient (Wildman–Crippen LogP) is 3.43. The van der Waals surface area contributed by atoms with Crippen LogP contribution >= 0.6 is 0 Å². The monoisotopic (exact) mass is 400 g/mol. The summed E-state index contributed by atoms with van der Waals surface area (Å²) >= 11 is 0. The van der Waals surface area contributed by atoms with Gasteiger partial charge in [-0.1, -0.05) is 18.2 Å². The molecule has 30 heavy (non-hydrogen) atoms. The Labute approximate surface area is 175 Å². The standard InChI is InChI=1S/C24H24N4O2/c1-2-4-19-18(3-1)25-12-22(26-19)28-13-17(16-5-6-20-21(11-16)30-14-29-20)24-23(28)15-7-9-27(24)10-8-15/h1-6,11-12,15,17,23-24H,7-10,13-14H2/t17-,23+,24+/m0/s1. The van der Waals surface area contributed by atoms with E-state index in [1.54, 1.807) is 0 Å². The Kier molecular flexibility index (Phi) is 3.56. The van der Waals surface area contributed by atoms with E-state index in [9.17, 15) is 0 Å². The second-order valence-corrected chi connectivity index (χ2v) is 8.94. The molecule has 0 amide bonds. The van der Waals surface area contributed by atoms with E-state index in [0.29, 0.717) is 24.8 Å². The summed E-state index contributed by atoms with van der Waals surface area (Å²) in [6.07, 6.45) is 4.54. The average Bonchev–Trinajstić information content (AvgIpc) is 3.45. The third-order valence-corrected chi connectivity index (χ3v) is 7.55. The number of ether oxygens (including phenoxy) is 2. The summed E-state index contributed by atoms with van der Waals surface area (Å²) in [5, 5.41) is 0. The zero-order valence-electron chi connectivity index (χ0n) is 16.8. The molecule has 0 radical (unpaired) electrons. The highest BCUT2D eigenvalue weighted by Gasteiger charge is 2.53. The lowest BCUT2D eigenvalue weighted by molar-refractivity contribution is 0.0354. The minimum Gasteiger partial charge on any atom is -0.454 e. The Bertz CT molecular complexity index is 1130. The molecule has 2 bridgehead atoms. The van der Waals surface area contributed by atoms with Gasteiger partial charge in [0.05, 0.1) is 17.2 Å². The number of anilines is 1. The molecule has 1 aromatic heterocycles. The Morgan fingerprint density at radius 1 is 0.900 bits per heavy atom. The first-order valence-corrected chi connectivity index (χ1v) is 11.0. The second-order valence-electron chi connectivity index (χ2n) is 8.94. The molecule has 5 aliphatic heterocycles. The maximum Gasteiger partial charge on any atom is 0.231 e. The highest BCUT2D eigenvalue weighted by molar-refractivity contribution is 5.75. The fourth-order valence-electron chi connectivity index (χ4n) is 6.21. The van der Waals surface area contributed by atoms with Gasteiger partial charge in [0.25, 0.3) is 0 Å². The van der Waals surface area contributed by atoms with Gasteiger partial charge in [-0.15, -0.1) is 0 Å². The van der Waals surface area contributed by atoms with Crippen molar-refractivity contribution in [1.82, 2.24) is 14.9 Å². The fraction of sp³-hybridized carbons (Fsp3) is 0.417. The van der Waals surface area contributed by atoms with E-state index in [1.807, 2.05) is 24.4 Å². The molecule has 0 aliphatic carbocycles. The summed E-state index contributed by atoms with van der Waals surface area (Å²) in [6, 6.07) is 15.7. The molecule has 3 aromatic rings. The number of benzene rings is 2. The molecular formula is C24H24N4O2. The first-order valence-electron chi connectivity index (χ1n) is 11.0. The molecule has 6 nitrogen and oxygen atoms in total. The highest BCUT2D eigenvalue weighted by Crippen LogP contribution is 2.48. The van der Waals surface area contributed by atoms with Gasteiger partial charge in [0, 0.05) is 24.5 Å². The van der Waals surface area contributed by atoms with Crippen LogP contribution in [0.4, 0.5) is 5.82 Å². The number of fused-ring (bicyclic) bond motifs is 4. The van der Waals surface area contributed by atoms with Crippen molar-refractivity contribution >= 4 is 16.9 Å². The highest BCUT2D eigenvalue weighted by atomic mass is 16.7. The molecule has 8 rings (SSSR count). The Morgan fingerprint density at radius 2 is 1.73 bits per heavy atom. The number of nitrogens with zero attached hydrogens (tertiary/aromatic N) is 4. The van der Waals surface area contributed by atoms with Gasteiger partial charge in [0.15, 0.2) is 11.5 Å². The van der Waals surface area contributed by atoms with Crippen LogP contribution in [0.25, 0.3) is 11.0 Å². The quantitative estimate of drug-likeness (QED) is 0.657. The lowest BCUT2D eigenvalue weighted by Crippen LogP contribution is -2.60. The SMILES string of the molecule is c1ccc2nc(N3C[C@@H](c4ccc5c(c4)OCO5)[C@@H]4[C@H]3C3CCN4CC3)cnc2c1. The third-order valence-electron chi connectivity index (χ3n) is 7.55. The first kappa shape index (κ1) is 16.9. The summed E-state index contributed by atoms with van der Waals surface area (Å²) in [4.78, 5) is 15.0. The molecule has 0 unspecified atom stereocenters. The Morgan fingerprint density at radius 3 is 2.63 bits per heavy atom. The van der Waals surface area contributed by atoms with Crippen LogP contribution in [-0.2, 0) is 0 Å². The maximum absolute atomic E-state index is 5.68. The number of aromatic nitrogens is 2. The number of rotatable bonds is 2. The Hall–Kier alpha value is -2.86. The molecule has 152 valence electrons. The summed E-state index contributed by atoms with van der Waals surface area (Å²) < 4.78 is 11.2. The number of piperidine rings is 3. The fourth-order valence-corrected chi connectivity index (χ4v) is 6.21. The molecular weight excluding hydrogens is 376 g/mol. The van der Waals surface area contributed by atoms with E-state index in [-0.39, 0.29) is 0 Å². The van der Waals surface area contributed by atoms with E-state index in [1.165, 1.54) is 31.5 Å². The second kappa shape index (κ2) is 6.32. The topological polar surface area (TPSA) is 50.7 Å². The van der Waals surface area contributed by atoms with Crippen LogP contribution in [0, 0.1) is 5.92 Å². The van der Waals surface area contributed by atoms with Crippen LogP contribution < -0.4 is 14.4 Å². The molecule has 0 spiro atoms. The molecule has 3 atom stereocenters.